The Morgan fingerprint density at radius 1 is 1.18 bits per heavy atom. The Balaban J connectivity index is 1.31. The SMILES string of the molecule is CN(CC1CCN(C(=O)c2csc(-c3cnn(-c4ccccc4)c3)n2)CC1)C(=O)OC(C)(C)C. The molecule has 0 radical (unpaired) electrons. The number of nitrogens with zero attached hydrogens (tertiary/aromatic N) is 5. The molecule has 3 aromatic rings. The van der Waals surface area contributed by atoms with Crippen molar-refractivity contribution in [2.75, 3.05) is 26.7 Å². The summed E-state index contributed by atoms with van der Waals surface area (Å²) < 4.78 is 7.24. The smallest absolute Gasteiger partial charge is 0.410 e. The van der Waals surface area contributed by atoms with Gasteiger partial charge in [0.05, 0.1) is 11.9 Å². The van der Waals surface area contributed by atoms with Gasteiger partial charge >= 0.3 is 6.09 Å². The molecule has 1 fully saturated rings. The van der Waals surface area contributed by atoms with Gasteiger partial charge in [0, 0.05) is 43.8 Å². The molecule has 2 aromatic heterocycles. The summed E-state index contributed by atoms with van der Waals surface area (Å²) in [5.74, 6) is 0.299. The minimum Gasteiger partial charge on any atom is -0.444 e. The number of para-hydroxylation sites is 1. The fourth-order valence-electron chi connectivity index (χ4n) is 3.94. The topological polar surface area (TPSA) is 80.6 Å². The molecular formula is C25H31N5O3S. The van der Waals surface area contributed by atoms with E-state index in [4.69, 9.17) is 4.74 Å². The van der Waals surface area contributed by atoms with Gasteiger partial charge in [0.1, 0.15) is 16.3 Å². The summed E-state index contributed by atoms with van der Waals surface area (Å²) in [5, 5.41) is 7.02. The van der Waals surface area contributed by atoms with Crippen LogP contribution in [0.3, 0.4) is 0 Å². The van der Waals surface area contributed by atoms with Crippen molar-refractivity contribution in [3.05, 3.63) is 53.8 Å². The van der Waals surface area contributed by atoms with E-state index >= 15 is 0 Å². The summed E-state index contributed by atoms with van der Waals surface area (Å²) >= 11 is 1.45. The lowest BCUT2D eigenvalue weighted by Crippen LogP contribution is -2.43. The minimum atomic E-state index is -0.506. The fraction of sp³-hybridized carbons (Fsp3) is 0.440. The van der Waals surface area contributed by atoms with Gasteiger partial charge in [0.2, 0.25) is 0 Å². The first-order valence-electron chi connectivity index (χ1n) is 11.5. The first-order chi connectivity index (χ1) is 16.2. The monoisotopic (exact) mass is 481 g/mol. The van der Waals surface area contributed by atoms with Crippen LogP contribution >= 0.6 is 11.3 Å². The second-order valence-corrected chi connectivity index (χ2v) is 10.5. The van der Waals surface area contributed by atoms with Crippen LogP contribution in [0.25, 0.3) is 16.3 Å². The van der Waals surface area contributed by atoms with Crippen LogP contribution in [0.15, 0.2) is 48.1 Å². The Kier molecular flexibility index (Phi) is 7.02. The molecule has 1 saturated heterocycles. The number of benzene rings is 1. The fourth-order valence-corrected chi connectivity index (χ4v) is 4.71. The van der Waals surface area contributed by atoms with Crippen LogP contribution in [0, 0.1) is 5.92 Å². The highest BCUT2D eigenvalue weighted by Gasteiger charge is 2.28. The zero-order chi connectivity index (χ0) is 24.3. The maximum atomic E-state index is 13.0. The molecule has 0 aliphatic carbocycles. The van der Waals surface area contributed by atoms with E-state index < -0.39 is 5.60 Å². The Labute approximate surface area is 204 Å². The number of hydrogen-bond acceptors (Lipinski definition) is 6. The van der Waals surface area contributed by atoms with Gasteiger partial charge in [0.25, 0.3) is 5.91 Å². The summed E-state index contributed by atoms with van der Waals surface area (Å²) in [6, 6.07) is 9.88. The van der Waals surface area contributed by atoms with Crippen molar-refractivity contribution in [2.45, 2.75) is 39.2 Å². The second kappa shape index (κ2) is 9.97. The Morgan fingerprint density at radius 2 is 1.88 bits per heavy atom. The van der Waals surface area contributed by atoms with Crippen molar-refractivity contribution in [3.63, 3.8) is 0 Å². The summed E-state index contributed by atoms with van der Waals surface area (Å²) in [5.41, 5.74) is 1.82. The number of piperidine rings is 1. The van der Waals surface area contributed by atoms with Crippen LogP contribution in [0.2, 0.25) is 0 Å². The molecule has 0 saturated carbocycles. The molecule has 2 amide bonds. The summed E-state index contributed by atoms with van der Waals surface area (Å²) in [6.45, 7) is 7.53. The van der Waals surface area contributed by atoms with Gasteiger partial charge in [-0.3, -0.25) is 4.79 Å². The van der Waals surface area contributed by atoms with Gasteiger partial charge in [-0.15, -0.1) is 11.3 Å². The van der Waals surface area contributed by atoms with E-state index in [-0.39, 0.29) is 12.0 Å². The lowest BCUT2D eigenvalue weighted by molar-refractivity contribution is 0.0245. The molecule has 8 nitrogen and oxygen atoms in total. The van der Waals surface area contributed by atoms with Crippen molar-refractivity contribution < 1.29 is 14.3 Å². The van der Waals surface area contributed by atoms with Gasteiger partial charge in [-0.2, -0.15) is 5.10 Å². The third-order valence-corrected chi connectivity index (χ3v) is 6.60. The maximum absolute atomic E-state index is 13.0. The highest BCUT2D eigenvalue weighted by atomic mass is 32.1. The van der Waals surface area contributed by atoms with Crippen LogP contribution in [-0.4, -0.2) is 68.8 Å². The van der Waals surface area contributed by atoms with Gasteiger partial charge in [-0.25, -0.2) is 14.5 Å². The molecule has 0 bridgehead atoms. The Bertz CT molecular complexity index is 1130. The van der Waals surface area contributed by atoms with E-state index in [0.29, 0.717) is 31.2 Å². The zero-order valence-electron chi connectivity index (χ0n) is 20.1. The summed E-state index contributed by atoms with van der Waals surface area (Å²) in [4.78, 5) is 33.3. The highest BCUT2D eigenvalue weighted by Crippen LogP contribution is 2.26. The van der Waals surface area contributed by atoms with Crippen LogP contribution in [-0.2, 0) is 4.74 Å². The number of carbonyl (C=O) groups excluding carboxylic acids is 2. The van der Waals surface area contributed by atoms with Gasteiger partial charge in [-0.05, 0) is 51.7 Å². The number of thiazole rings is 1. The van der Waals surface area contributed by atoms with Gasteiger partial charge in [0.15, 0.2) is 0 Å². The van der Waals surface area contributed by atoms with E-state index in [9.17, 15) is 9.59 Å². The molecule has 0 unspecified atom stereocenters. The second-order valence-electron chi connectivity index (χ2n) is 9.64. The van der Waals surface area contributed by atoms with Gasteiger partial charge < -0.3 is 14.5 Å². The van der Waals surface area contributed by atoms with E-state index in [1.807, 2.05) is 67.6 Å². The maximum Gasteiger partial charge on any atom is 0.410 e. The average molecular weight is 482 g/mol. The molecule has 1 aliphatic rings. The third-order valence-electron chi connectivity index (χ3n) is 5.71. The number of carbonyl (C=O) groups is 2. The van der Waals surface area contributed by atoms with Crippen LogP contribution in [0.5, 0.6) is 0 Å². The molecule has 0 N–H and O–H groups in total. The molecule has 1 aliphatic heterocycles. The van der Waals surface area contributed by atoms with Crippen LogP contribution in [0.1, 0.15) is 44.1 Å². The van der Waals surface area contributed by atoms with Crippen molar-refractivity contribution in [1.29, 1.82) is 0 Å². The van der Waals surface area contributed by atoms with Crippen LogP contribution in [0.4, 0.5) is 4.79 Å². The van der Waals surface area contributed by atoms with Crippen molar-refractivity contribution >= 4 is 23.3 Å². The molecule has 4 rings (SSSR count). The number of rotatable bonds is 5. The standard InChI is InChI=1S/C25H31N5O3S/c1-25(2,3)33-24(32)28(4)15-18-10-12-29(13-11-18)23(31)21-17-34-22(27-21)19-14-26-30(16-19)20-8-6-5-7-9-20/h5-9,14,16-18H,10-13,15H2,1-4H3. The molecule has 0 atom stereocenters. The average Bonchev–Trinajstić information content (AvgIpc) is 3.48. The van der Waals surface area contributed by atoms with Gasteiger partial charge in [-0.1, -0.05) is 18.2 Å². The minimum absolute atomic E-state index is 0.0445. The Morgan fingerprint density at radius 3 is 2.56 bits per heavy atom. The third kappa shape index (κ3) is 5.83. The summed E-state index contributed by atoms with van der Waals surface area (Å²) in [7, 11) is 1.77. The molecule has 1 aromatic carbocycles. The molecule has 34 heavy (non-hydrogen) atoms. The lowest BCUT2D eigenvalue weighted by atomic mass is 9.96. The molecular weight excluding hydrogens is 450 g/mol. The largest absolute Gasteiger partial charge is 0.444 e. The van der Waals surface area contributed by atoms with Crippen molar-refractivity contribution in [3.8, 4) is 16.3 Å². The van der Waals surface area contributed by atoms with E-state index in [0.717, 1.165) is 29.1 Å². The summed E-state index contributed by atoms with van der Waals surface area (Å²) in [6.07, 6.45) is 5.08. The van der Waals surface area contributed by atoms with E-state index in [2.05, 4.69) is 10.1 Å². The molecule has 3 heterocycles. The predicted molar refractivity (Wildman–Crippen MR) is 132 cm³/mol. The Hall–Kier alpha value is -3.20. The first-order valence-corrected chi connectivity index (χ1v) is 12.4. The number of ether oxygens (including phenoxy) is 1. The zero-order valence-corrected chi connectivity index (χ0v) is 20.9. The van der Waals surface area contributed by atoms with E-state index in [1.54, 1.807) is 22.8 Å². The first kappa shape index (κ1) is 23.9. The van der Waals surface area contributed by atoms with Crippen LogP contribution < -0.4 is 0 Å². The quantitative estimate of drug-likeness (QED) is 0.527. The molecule has 180 valence electrons. The lowest BCUT2D eigenvalue weighted by Gasteiger charge is -2.34. The predicted octanol–water partition coefficient (Wildman–Crippen LogP) is 4.71. The van der Waals surface area contributed by atoms with E-state index in [1.165, 1.54) is 11.3 Å². The number of hydrogen-bond donors (Lipinski definition) is 0. The number of likely N-dealkylation sites (tertiary alicyclic amines) is 1. The highest BCUT2D eigenvalue weighted by molar-refractivity contribution is 7.13. The normalized spacial score (nSPS) is 14.8. The molecule has 9 heteroatoms. The van der Waals surface area contributed by atoms with Crippen molar-refractivity contribution in [1.82, 2.24) is 24.6 Å². The number of aromatic nitrogens is 3. The van der Waals surface area contributed by atoms with Crippen molar-refractivity contribution in [2.24, 2.45) is 5.92 Å². The molecule has 0 spiro atoms. The number of amides is 2.